The third-order valence-corrected chi connectivity index (χ3v) is 2.75. The zero-order valence-electron chi connectivity index (χ0n) is 11.3. The van der Waals surface area contributed by atoms with Gasteiger partial charge in [-0.1, -0.05) is 44.0 Å². The molecule has 0 radical (unpaired) electrons. The van der Waals surface area contributed by atoms with Crippen molar-refractivity contribution in [3.63, 3.8) is 0 Å². The lowest BCUT2D eigenvalue weighted by molar-refractivity contribution is -0.137. The second kappa shape index (κ2) is 8.51. The van der Waals surface area contributed by atoms with Gasteiger partial charge >= 0.3 is 5.97 Å². The Balaban J connectivity index is 2.47. The molecule has 0 aromatic heterocycles. The molecule has 1 rings (SSSR count). The number of hydrogen-bond donors (Lipinski definition) is 0. The summed E-state index contributed by atoms with van der Waals surface area (Å²) >= 11 is 0. The molecule has 0 atom stereocenters. The molecule has 0 aliphatic rings. The second-order valence-corrected chi connectivity index (χ2v) is 4.28. The third-order valence-electron chi connectivity index (χ3n) is 2.75. The van der Waals surface area contributed by atoms with E-state index in [0.717, 1.165) is 12.0 Å². The van der Waals surface area contributed by atoms with Crippen LogP contribution in [-0.4, -0.2) is 12.6 Å². The van der Waals surface area contributed by atoms with Gasteiger partial charge in [0.2, 0.25) is 0 Å². The predicted molar refractivity (Wildman–Crippen MR) is 75.3 cm³/mol. The van der Waals surface area contributed by atoms with Crippen molar-refractivity contribution < 1.29 is 9.53 Å². The summed E-state index contributed by atoms with van der Waals surface area (Å²) in [5.41, 5.74) is 2.39. The Morgan fingerprint density at radius 2 is 1.89 bits per heavy atom. The van der Waals surface area contributed by atoms with Crippen LogP contribution in [0.5, 0.6) is 0 Å². The Kier molecular flexibility index (Phi) is 6.85. The smallest absolute Gasteiger partial charge is 0.330 e. The maximum atomic E-state index is 11.1. The number of hydrogen-bond acceptors (Lipinski definition) is 2. The standard InChI is InChI=1S/C16H22O2/c1-3-5-6-7-14-8-10-15(11-9-14)12-13-16(17)18-4-2/h8-13H,3-7H2,1-2H3/b13-12+. The number of carbonyl (C=O) groups is 1. The molecule has 0 bridgehead atoms. The summed E-state index contributed by atoms with van der Waals surface area (Å²) in [5.74, 6) is -0.287. The van der Waals surface area contributed by atoms with E-state index in [0.29, 0.717) is 6.61 Å². The summed E-state index contributed by atoms with van der Waals surface area (Å²) in [4.78, 5) is 11.1. The van der Waals surface area contributed by atoms with E-state index in [2.05, 4.69) is 19.1 Å². The van der Waals surface area contributed by atoms with Crippen LogP contribution in [-0.2, 0) is 16.0 Å². The molecule has 0 spiro atoms. The first-order valence-corrected chi connectivity index (χ1v) is 6.70. The van der Waals surface area contributed by atoms with Crippen LogP contribution < -0.4 is 0 Å². The monoisotopic (exact) mass is 246 g/mol. The maximum absolute atomic E-state index is 11.1. The van der Waals surface area contributed by atoms with Crippen molar-refractivity contribution in [3.8, 4) is 0 Å². The van der Waals surface area contributed by atoms with Gasteiger partial charge < -0.3 is 4.74 Å². The molecule has 0 fully saturated rings. The van der Waals surface area contributed by atoms with Crippen LogP contribution >= 0.6 is 0 Å². The zero-order chi connectivity index (χ0) is 13.2. The van der Waals surface area contributed by atoms with Crippen molar-refractivity contribution in [1.29, 1.82) is 0 Å². The molecule has 18 heavy (non-hydrogen) atoms. The molecule has 0 unspecified atom stereocenters. The largest absolute Gasteiger partial charge is 0.463 e. The van der Waals surface area contributed by atoms with Gasteiger partial charge in [0.05, 0.1) is 6.61 Å². The van der Waals surface area contributed by atoms with Crippen LogP contribution in [0, 0.1) is 0 Å². The Bertz CT molecular complexity index is 377. The Labute approximate surface area is 110 Å². The summed E-state index contributed by atoms with van der Waals surface area (Å²) in [6.07, 6.45) is 8.17. The van der Waals surface area contributed by atoms with E-state index in [1.54, 1.807) is 13.0 Å². The van der Waals surface area contributed by atoms with E-state index in [-0.39, 0.29) is 5.97 Å². The first kappa shape index (κ1) is 14.5. The predicted octanol–water partition coefficient (Wildman–Crippen LogP) is 4.00. The van der Waals surface area contributed by atoms with Crippen LogP contribution in [0.4, 0.5) is 0 Å². The van der Waals surface area contributed by atoms with Crippen molar-refractivity contribution in [2.24, 2.45) is 0 Å². The molecule has 0 aliphatic heterocycles. The normalized spacial score (nSPS) is 10.8. The highest BCUT2D eigenvalue weighted by Crippen LogP contribution is 2.10. The van der Waals surface area contributed by atoms with Crippen LogP contribution in [0.2, 0.25) is 0 Å². The third kappa shape index (κ3) is 5.67. The van der Waals surface area contributed by atoms with Gasteiger partial charge in [0, 0.05) is 6.08 Å². The van der Waals surface area contributed by atoms with Crippen molar-refractivity contribution in [2.75, 3.05) is 6.61 Å². The summed E-state index contributed by atoms with van der Waals surface area (Å²) in [6.45, 7) is 4.43. The van der Waals surface area contributed by atoms with E-state index < -0.39 is 0 Å². The fourth-order valence-corrected chi connectivity index (χ4v) is 1.73. The molecule has 1 aromatic rings. The fraction of sp³-hybridized carbons (Fsp3) is 0.438. The minimum atomic E-state index is -0.287. The van der Waals surface area contributed by atoms with Crippen molar-refractivity contribution >= 4 is 12.0 Å². The van der Waals surface area contributed by atoms with Gasteiger partial charge in [0.15, 0.2) is 0 Å². The number of carbonyl (C=O) groups excluding carboxylic acids is 1. The van der Waals surface area contributed by atoms with E-state index in [4.69, 9.17) is 4.74 Å². The Morgan fingerprint density at radius 1 is 1.17 bits per heavy atom. The van der Waals surface area contributed by atoms with Gasteiger partial charge in [-0.25, -0.2) is 4.79 Å². The maximum Gasteiger partial charge on any atom is 0.330 e. The van der Waals surface area contributed by atoms with Crippen molar-refractivity contribution in [1.82, 2.24) is 0 Å². The highest BCUT2D eigenvalue weighted by molar-refractivity contribution is 5.86. The molecule has 0 N–H and O–H groups in total. The van der Waals surface area contributed by atoms with Crippen molar-refractivity contribution in [2.45, 2.75) is 39.5 Å². The van der Waals surface area contributed by atoms with Gasteiger partial charge in [0.25, 0.3) is 0 Å². The van der Waals surface area contributed by atoms with Crippen LogP contribution in [0.3, 0.4) is 0 Å². The molecule has 1 aromatic carbocycles. The topological polar surface area (TPSA) is 26.3 Å². The molecular weight excluding hydrogens is 224 g/mol. The lowest BCUT2D eigenvalue weighted by Gasteiger charge is -2.01. The average Bonchev–Trinajstić information content (AvgIpc) is 2.38. The summed E-state index contributed by atoms with van der Waals surface area (Å²) < 4.78 is 4.83. The quantitative estimate of drug-likeness (QED) is 0.413. The van der Waals surface area contributed by atoms with Gasteiger partial charge in [-0.15, -0.1) is 0 Å². The van der Waals surface area contributed by atoms with E-state index in [1.807, 2.05) is 12.1 Å². The second-order valence-electron chi connectivity index (χ2n) is 4.28. The molecule has 2 nitrogen and oxygen atoms in total. The van der Waals surface area contributed by atoms with Crippen LogP contribution in [0.1, 0.15) is 44.2 Å². The lowest BCUT2D eigenvalue weighted by atomic mass is 10.1. The summed E-state index contributed by atoms with van der Waals surface area (Å²) in [5, 5.41) is 0. The molecule has 2 heteroatoms. The number of benzene rings is 1. The summed E-state index contributed by atoms with van der Waals surface area (Å²) in [7, 11) is 0. The Hall–Kier alpha value is -1.57. The molecule has 0 aliphatic carbocycles. The molecule has 0 saturated carbocycles. The minimum Gasteiger partial charge on any atom is -0.463 e. The van der Waals surface area contributed by atoms with Gasteiger partial charge in [-0.05, 0) is 37.0 Å². The average molecular weight is 246 g/mol. The van der Waals surface area contributed by atoms with Crippen LogP contribution in [0.25, 0.3) is 6.08 Å². The number of esters is 1. The Morgan fingerprint density at radius 3 is 2.50 bits per heavy atom. The molecule has 0 amide bonds. The SMILES string of the molecule is CCCCCc1ccc(/C=C/C(=O)OCC)cc1. The molecule has 0 heterocycles. The number of aryl methyl sites for hydroxylation is 1. The highest BCUT2D eigenvalue weighted by atomic mass is 16.5. The van der Waals surface area contributed by atoms with E-state index in [9.17, 15) is 4.79 Å². The summed E-state index contributed by atoms with van der Waals surface area (Å²) in [6, 6.07) is 8.33. The van der Waals surface area contributed by atoms with Crippen molar-refractivity contribution in [3.05, 3.63) is 41.5 Å². The highest BCUT2D eigenvalue weighted by Gasteiger charge is 1.95. The van der Waals surface area contributed by atoms with Gasteiger partial charge in [-0.3, -0.25) is 0 Å². The number of unbranched alkanes of at least 4 members (excludes halogenated alkanes) is 2. The zero-order valence-corrected chi connectivity index (χ0v) is 11.3. The van der Waals surface area contributed by atoms with E-state index in [1.165, 1.54) is 30.9 Å². The number of rotatable bonds is 7. The van der Waals surface area contributed by atoms with E-state index >= 15 is 0 Å². The minimum absolute atomic E-state index is 0.287. The van der Waals surface area contributed by atoms with Gasteiger partial charge in [-0.2, -0.15) is 0 Å². The number of ether oxygens (including phenoxy) is 1. The fourth-order valence-electron chi connectivity index (χ4n) is 1.73. The first-order chi connectivity index (χ1) is 8.76. The van der Waals surface area contributed by atoms with Crippen LogP contribution in [0.15, 0.2) is 30.3 Å². The molecule has 0 saturated heterocycles. The lowest BCUT2D eigenvalue weighted by Crippen LogP contribution is -1.98. The van der Waals surface area contributed by atoms with Gasteiger partial charge in [0.1, 0.15) is 0 Å². The first-order valence-electron chi connectivity index (χ1n) is 6.70. The molecular formula is C16H22O2. The molecule has 98 valence electrons.